The Labute approximate surface area is 112 Å². The van der Waals surface area contributed by atoms with E-state index in [0.29, 0.717) is 0 Å². The quantitative estimate of drug-likeness (QED) is 0.899. The van der Waals surface area contributed by atoms with Crippen molar-refractivity contribution in [2.45, 2.75) is 19.4 Å². The van der Waals surface area contributed by atoms with Crippen LogP contribution >= 0.6 is 11.6 Å². The van der Waals surface area contributed by atoms with Crippen LogP contribution in [0.15, 0.2) is 42.7 Å². The summed E-state index contributed by atoms with van der Waals surface area (Å²) in [6, 6.07) is 9.79. The van der Waals surface area contributed by atoms with Crippen molar-refractivity contribution in [2.24, 2.45) is 0 Å². The third-order valence-electron chi connectivity index (χ3n) is 2.73. The zero-order valence-corrected chi connectivity index (χ0v) is 11.1. The van der Waals surface area contributed by atoms with Gasteiger partial charge in [0.15, 0.2) is 0 Å². The average molecular weight is 262 g/mol. The Morgan fingerprint density at radius 1 is 1.17 bits per heavy atom. The minimum atomic E-state index is 0.0936. The second kappa shape index (κ2) is 6.47. The van der Waals surface area contributed by atoms with E-state index >= 15 is 0 Å². The molecular formula is C14H16ClN3. The molecule has 0 fully saturated rings. The highest BCUT2D eigenvalue weighted by molar-refractivity contribution is 6.31. The number of aromatic nitrogens is 2. The molecule has 2 aromatic rings. The van der Waals surface area contributed by atoms with Gasteiger partial charge in [0, 0.05) is 17.4 Å². The van der Waals surface area contributed by atoms with Crippen molar-refractivity contribution < 1.29 is 0 Å². The first kappa shape index (κ1) is 13.0. The molecule has 0 aliphatic carbocycles. The molecule has 1 aromatic heterocycles. The fourth-order valence-corrected chi connectivity index (χ4v) is 2.09. The lowest BCUT2D eigenvalue weighted by Crippen LogP contribution is -2.24. The van der Waals surface area contributed by atoms with Gasteiger partial charge in [-0.25, -0.2) is 9.97 Å². The van der Waals surface area contributed by atoms with Gasteiger partial charge in [0.1, 0.15) is 5.82 Å². The molecule has 0 bridgehead atoms. The Hall–Kier alpha value is -1.45. The maximum atomic E-state index is 6.19. The van der Waals surface area contributed by atoms with Crippen LogP contribution in [-0.2, 0) is 6.42 Å². The predicted molar refractivity (Wildman–Crippen MR) is 73.6 cm³/mol. The third kappa shape index (κ3) is 3.28. The SMILES string of the molecule is CCNC(Cc1ccccc1Cl)c1ncccn1. The molecule has 18 heavy (non-hydrogen) atoms. The van der Waals surface area contributed by atoms with Gasteiger partial charge in [-0.15, -0.1) is 0 Å². The van der Waals surface area contributed by atoms with E-state index in [9.17, 15) is 0 Å². The van der Waals surface area contributed by atoms with Gasteiger partial charge in [-0.05, 0) is 30.7 Å². The van der Waals surface area contributed by atoms with Crippen molar-refractivity contribution in [1.82, 2.24) is 15.3 Å². The summed E-state index contributed by atoms with van der Waals surface area (Å²) < 4.78 is 0. The molecule has 2 rings (SSSR count). The van der Waals surface area contributed by atoms with Crippen LogP contribution in [0.5, 0.6) is 0 Å². The zero-order valence-electron chi connectivity index (χ0n) is 10.3. The smallest absolute Gasteiger partial charge is 0.145 e. The predicted octanol–water partition coefficient (Wildman–Crippen LogP) is 3.02. The zero-order chi connectivity index (χ0) is 12.8. The summed E-state index contributed by atoms with van der Waals surface area (Å²) in [6.07, 6.45) is 4.32. The maximum absolute atomic E-state index is 6.19. The molecular weight excluding hydrogens is 246 g/mol. The summed E-state index contributed by atoms with van der Waals surface area (Å²) in [4.78, 5) is 8.61. The fourth-order valence-electron chi connectivity index (χ4n) is 1.88. The third-order valence-corrected chi connectivity index (χ3v) is 3.10. The number of nitrogens with one attached hydrogen (secondary N) is 1. The summed E-state index contributed by atoms with van der Waals surface area (Å²) in [7, 11) is 0. The first-order valence-corrected chi connectivity index (χ1v) is 6.42. The highest BCUT2D eigenvalue weighted by Crippen LogP contribution is 2.21. The number of nitrogens with zero attached hydrogens (tertiary/aromatic N) is 2. The fraction of sp³-hybridized carbons (Fsp3) is 0.286. The lowest BCUT2D eigenvalue weighted by atomic mass is 10.1. The van der Waals surface area contributed by atoms with Gasteiger partial charge in [-0.1, -0.05) is 36.7 Å². The van der Waals surface area contributed by atoms with Crippen molar-refractivity contribution in [3.8, 4) is 0 Å². The molecule has 1 aromatic carbocycles. The molecule has 0 aliphatic rings. The van der Waals surface area contributed by atoms with Crippen LogP contribution in [0.2, 0.25) is 5.02 Å². The van der Waals surface area contributed by atoms with Gasteiger partial charge in [-0.3, -0.25) is 0 Å². The average Bonchev–Trinajstić information content (AvgIpc) is 2.42. The van der Waals surface area contributed by atoms with E-state index in [-0.39, 0.29) is 6.04 Å². The van der Waals surface area contributed by atoms with Gasteiger partial charge in [0.2, 0.25) is 0 Å². The summed E-state index contributed by atoms with van der Waals surface area (Å²) in [5, 5.41) is 4.18. The normalized spacial score (nSPS) is 12.3. The van der Waals surface area contributed by atoms with E-state index in [4.69, 9.17) is 11.6 Å². The molecule has 1 N–H and O–H groups in total. The minimum Gasteiger partial charge on any atom is -0.307 e. The minimum absolute atomic E-state index is 0.0936. The maximum Gasteiger partial charge on any atom is 0.145 e. The Morgan fingerprint density at radius 2 is 1.89 bits per heavy atom. The Bertz CT molecular complexity index is 487. The van der Waals surface area contributed by atoms with Gasteiger partial charge in [-0.2, -0.15) is 0 Å². The molecule has 0 saturated carbocycles. The second-order valence-corrected chi connectivity index (χ2v) is 4.42. The summed E-state index contributed by atoms with van der Waals surface area (Å²) in [5.41, 5.74) is 1.11. The summed E-state index contributed by atoms with van der Waals surface area (Å²) in [5.74, 6) is 0.805. The molecule has 3 nitrogen and oxygen atoms in total. The van der Waals surface area contributed by atoms with Crippen LogP contribution in [0.3, 0.4) is 0 Å². The molecule has 0 amide bonds. The van der Waals surface area contributed by atoms with E-state index in [1.165, 1.54) is 0 Å². The molecule has 94 valence electrons. The number of hydrogen-bond acceptors (Lipinski definition) is 3. The van der Waals surface area contributed by atoms with Gasteiger partial charge in [0.05, 0.1) is 6.04 Å². The molecule has 1 atom stereocenters. The Kier molecular flexibility index (Phi) is 4.67. The monoisotopic (exact) mass is 261 g/mol. The molecule has 4 heteroatoms. The van der Waals surface area contributed by atoms with Crippen LogP contribution in [0.4, 0.5) is 0 Å². The first-order chi connectivity index (χ1) is 8.81. The molecule has 0 aliphatic heterocycles. The Morgan fingerprint density at radius 3 is 2.56 bits per heavy atom. The number of likely N-dealkylation sites (N-methyl/N-ethyl adjacent to an activating group) is 1. The highest BCUT2D eigenvalue weighted by Gasteiger charge is 2.14. The van der Waals surface area contributed by atoms with Gasteiger partial charge >= 0.3 is 0 Å². The van der Waals surface area contributed by atoms with Crippen molar-refractivity contribution in [1.29, 1.82) is 0 Å². The number of hydrogen-bond donors (Lipinski definition) is 1. The largest absolute Gasteiger partial charge is 0.307 e. The van der Waals surface area contributed by atoms with Crippen LogP contribution in [0, 0.1) is 0 Å². The van der Waals surface area contributed by atoms with Crippen molar-refractivity contribution in [3.05, 3.63) is 59.1 Å². The summed E-state index contributed by atoms with van der Waals surface area (Å²) >= 11 is 6.19. The van der Waals surface area contributed by atoms with Crippen LogP contribution < -0.4 is 5.32 Å². The van der Waals surface area contributed by atoms with E-state index in [0.717, 1.165) is 29.4 Å². The van der Waals surface area contributed by atoms with E-state index in [2.05, 4.69) is 22.2 Å². The van der Waals surface area contributed by atoms with Crippen LogP contribution in [0.1, 0.15) is 24.4 Å². The number of rotatable bonds is 5. The van der Waals surface area contributed by atoms with Crippen molar-refractivity contribution in [3.63, 3.8) is 0 Å². The first-order valence-electron chi connectivity index (χ1n) is 6.05. The molecule has 0 spiro atoms. The lowest BCUT2D eigenvalue weighted by Gasteiger charge is -2.16. The highest BCUT2D eigenvalue weighted by atomic mass is 35.5. The van der Waals surface area contributed by atoms with Gasteiger partial charge < -0.3 is 5.32 Å². The number of halogens is 1. The van der Waals surface area contributed by atoms with E-state index in [1.54, 1.807) is 12.4 Å². The molecule has 1 unspecified atom stereocenters. The number of benzene rings is 1. The van der Waals surface area contributed by atoms with Crippen molar-refractivity contribution in [2.75, 3.05) is 6.54 Å². The topological polar surface area (TPSA) is 37.8 Å². The van der Waals surface area contributed by atoms with E-state index < -0.39 is 0 Å². The molecule has 0 saturated heterocycles. The molecule has 1 heterocycles. The van der Waals surface area contributed by atoms with E-state index in [1.807, 2.05) is 30.3 Å². The standard InChI is InChI=1S/C14H16ClN3/c1-2-16-13(14-17-8-5-9-18-14)10-11-6-3-4-7-12(11)15/h3-9,13,16H,2,10H2,1H3. The van der Waals surface area contributed by atoms with Crippen LogP contribution in [-0.4, -0.2) is 16.5 Å². The lowest BCUT2D eigenvalue weighted by molar-refractivity contribution is 0.521. The summed E-state index contributed by atoms with van der Waals surface area (Å²) in [6.45, 7) is 2.94. The van der Waals surface area contributed by atoms with Crippen LogP contribution in [0.25, 0.3) is 0 Å². The second-order valence-electron chi connectivity index (χ2n) is 4.01. The Balaban J connectivity index is 2.19. The van der Waals surface area contributed by atoms with Gasteiger partial charge in [0.25, 0.3) is 0 Å². The molecule has 0 radical (unpaired) electrons. The van der Waals surface area contributed by atoms with Crippen molar-refractivity contribution >= 4 is 11.6 Å².